The van der Waals surface area contributed by atoms with Crippen molar-refractivity contribution in [3.63, 3.8) is 0 Å². The Hall–Kier alpha value is -1.66. The fourth-order valence-corrected chi connectivity index (χ4v) is 4.33. The van der Waals surface area contributed by atoms with Crippen LogP contribution in [-0.4, -0.2) is 17.0 Å². The van der Waals surface area contributed by atoms with Gasteiger partial charge in [0.1, 0.15) is 5.00 Å². The molecular formula is C14H13NO3S2. The second kappa shape index (κ2) is 5.38. The minimum Gasteiger partial charge on any atom is -0.478 e. The highest BCUT2D eigenvalue weighted by atomic mass is 32.1. The van der Waals surface area contributed by atoms with Crippen LogP contribution in [-0.2, 0) is 12.8 Å². The Kier molecular flexibility index (Phi) is 3.58. The molecule has 0 saturated heterocycles. The molecule has 1 aliphatic rings. The molecule has 0 aliphatic heterocycles. The first-order valence-corrected chi connectivity index (χ1v) is 8.14. The monoisotopic (exact) mass is 307 g/mol. The van der Waals surface area contributed by atoms with Crippen LogP contribution in [0.4, 0.5) is 5.00 Å². The van der Waals surface area contributed by atoms with Gasteiger partial charge in [-0.1, -0.05) is 0 Å². The summed E-state index contributed by atoms with van der Waals surface area (Å²) in [6.45, 7) is 0. The Bertz CT molecular complexity index is 672. The molecular weight excluding hydrogens is 294 g/mol. The van der Waals surface area contributed by atoms with E-state index >= 15 is 0 Å². The van der Waals surface area contributed by atoms with Gasteiger partial charge in [-0.25, -0.2) is 4.79 Å². The minimum absolute atomic E-state index is 0.146. The molecule has 20 heavy (non-hydrogen) atoms. The number of carbonyl (C=O) groups is 2. The average Bonchev–Trinajstić information content (AvgIpc) is 3.04. The lowest BCUT2D eigenvalue weighted by molar-refractivity contribution is 0.0698. The standard InChI is InChI=1S/C14H13NO3S2/c16-12(15-13-9(14(17)18)5-6-19-13)10-7-20-11-4-2-1-3-8(10)11/h5-7H,1-4H2,(H,15,16)(H,17,18). The van der Waals surface area contributed by atoms with E-state index in [1.54, 1.807) is 16.7 Å². The van der Waals surface area contributed by atoms with Gasteiger partial charge in [0.15, 0.2) is 0 Å². The maximum absolute atomic E-state index is 12.3. The molecule has 0 saturated carbocycles. The molecule has 0 spiro atoms. The smallest absolute Gasteiger partial charge is 0.338 e. The van der Waals surface area contributed by atoms with Crippen LogP contribution >= 0.6 is 22.7 Å². The van der Waals surface area contributed by atoms with Gasteiger partial charge < -0.3 is 10.4 Å². The van der Waals surface area contributed by atoms with E-state index in [0.717, 1.165) is 24.8 Å². The summed E-state index contributed by atoms with van der Waals surface area (Å²) in [5.74, 6) is -1.22. The molecule has 0 fully saturated rings. The molecule has 2 N–H and O–H groups in total. The van der Waals surface area contributed by atoms with E-state index in [0.29, 0.717) is 10.6 Å². The van der Waals surface area contributed by atoms with Crippen molar-refractivity contribution in [2.45, 2.75) is 25.7 Å². The lowest BCUT2D eigenvalue weighted by Crippen LogP contribution is -2.15. The summed E-state index contributed by atoms with van der Waals surface area (Å²) < 4.78 is 0. The van der Waals surface area contributed by atoms with E-state index in [9.17, 15) is 9.59 Å². The Morgan fingerprint density at radius 3 is 2.75 bits per heavy atom. The zero-order chi connectivity index (χ0) is 14.1. The third kappa shape index (κ3) is 2.36. The van der Waals surface area contributed by atoms with E-state index in [-0.39, 0.29) is 11.5 Å². The Morgan fingerprint density at radius 1 is 1.15 bits per heavy atom. The molecule has 0 atom stereocenters. The van der Waals surface area contributed by atoms with Crippen molar-refractivity contribution in [3.05, 3.63) is 38.4 Å². The van der Waals surface area contributed by atoms with Crippen LogP contribution in [0.25, 0.3) is 0 Å². The molecule has 2 heterocycles. The fraction of sp³-hybridized carbons (Fsp3) is 0.286. The summed E-state index contributed by atoms with van der Waals surface area (Å²) in [6.07, 6.45) is 4.29. The van der Waals surface area contributed by atoms with E-state index < -0.39 is 5.97 Å². The highest BCUT2D eigenvalue weighted by Gasteiger charge is 2.21. The summed E-state index contributed by atoms with van der Waals surface area (Å²) in [4.78, 5) is 24.7. The average molecular weight is 307 g/mol. The molecule has 2 aromatic heterocycles. The van der Waals surface area contributed by atoms with E-state index in [2.05, 4.69) is 5.32 Å². The molecule has 0 unspecified atom stereocenters. The zero-order valence-corrected chi connectivity index (χ0v) is 12.3. The van der Waals surface area contributed by atoms with Gasteiger partial charge in [0, 0.05) is 10.3 Å². The molecule has 0 radical (unpaired) electrons. The van der Waals surface area contributed by atoms with Gasteiger partial charge >= 0.3 is 5.97 Å². The Labute approximate surface area is 124 Å². The summed E-state index contributed by atoms with van der Waals surface area (Å²) in [5.41, 5.74) is 1.99. The summed E-state index contributed by atoms with van der Waals surface area (Å²) in [6, 6.07) is 1.51. The predicted octanol–water partition coefficient (Wildman–Crippen LogP) is 3.64. The van der Waals surface area contributed by atoms with Gasteiger partial charge in [-0.05, 0) is 42.7 Å². The number of hydrogen-bond donors (Lipinski definition) is 2. The van der Waals surface area contributed by atoms with Gasteiger partial charge in [-0.3, -0.25) is 4.79 Å². The van der Waals surface area contributed by atoms with Crippen molar-refractivity contribution in [2.24, 2.45) is 0 Å². The van der Waals surface area contributed by atoms with Crippen molar-refractivity contribution in [2.75, 3.05) is 5.32 Å². The second-order valence-electron chi connectivity index (χ2n) is 4.68. The lowest BCUT2D eigenvalue weighted by Gasteiger charge is -2.12. The van der Waals surface area contributed by atoms with Crippen LogP contribution in [0.5, 0.6) is 0 Å². The Morgan fingerprint density at radius 2 is 1.95 bits per heavy atom. The molecule has 6 heteroatoms. The fourth-order valence-electron chi connectivity index (χ4n) is 2.43. The first kappa shape index (κ1) is 13.3. The lowest BCUT2D eigenvalue weighted by atomic mass is 9.96. The van der Waals surface area contributed by atoms with Crippen molar-refractivity contribution < 1.29 is 14.7 Å². The molecule has 4 nitrogen and oxygen atoms in total. The third-order valence-corrected chi connectivity index (χ3v) is 5.35. The highest BCUT2D eigenvalue weighted by Crippen LogP contribution is 2.31. The minimum atomic E-state index is -1.02. The van der Waals surface area contributed by atoms with Crippen molar-refractivity contribution in [3.8, 4) is 0 Å². The number of nitrogens with one attached hydrogen (secondary N) is 1. The molecule has 104 valence electrons. The van der Waals surface area contributed by atoms with Crippen LogP contribution < -0.4 is 5.32 Å². The molecule has 2 aromatic rings. The van der Waals surface area contributed by atoms with Crippen molar-refractivity contribution >= 4 is 39.6 Å². The van der Waals surface area contributed by atoms with Crippen molar-refractivity contribution in [1.82, 2.24) is 0 Å². The first-order chi connectivity index (χ1) is 9.66. The highest BCUT2D eigenvalue weighted by molar-refractivity contribution is 7.14. The van der Waals surface area contributed by atoms with Gasteiger partial charge in [-0.2, -0.15) is 0 Å². The molecule has 1 aliphatic carbocycles. The first-order valence-electron chi connectivity index (χ1n) is 6.38. The van der Waals surface area contributed by atoms with Crippen LogP contribution in [0, 0.1) is 0 Å². The van der Waals surface area contributed by atoms with Crippen molar-refractivity contribution in [1.29, 1.82) is 0 Å². The number of hydrogen-bond acceptors (Lipinski definition) is 4. The predicted molar refractivity (Wildman–Crippen MR) is 80.2 cm³/mol. The van der Waals surface area contributed by atoms with E-state index in [1.807, 2.05) is 5.38 Å². The van der Waals surface area contributed by atoms with Crippen LogP contribution in [0.3, 0.4) is 0 Å². The number of fused-ring (bicyclic) bond motifs is 1. The number of carbonyl (C=O) groups excluding carboxylic acids is 1. The van der Waals surface area contributed by atoms with Crippen LogP contribution in [0.1, 0.15) is 44.0 Å². The van der Waals surface area contributed by atoms with Gasteiger partial charge in [0.25, 0.3) is 5.91 Å². The number of carboxylic acids is 1. The number of thiophene rings is 2. The maximum Gasteiger partial charge on any atom is 0.338 e. The molecule has 0 aromatic carbocycles. The number of aromatic carboxylic acids is 1. The van der Waals surface area contributed by atoms with E-state index in [4.69, 9.17) is 5.11 Å². The summed E-state index contributed by atoms with van der Waals surface area (Å²) >= 11 is 2.86. The van der Waals surface area contributed by atoms with Gasteiger partial charge in [0.05, 0.1) is 11.1 Å². The molecule has 0 bridgehead atoms. The second-order valence-corrected chi connectivity index (χ2v) is 6.56. The van der Waals surface area contributed by atoms with Gasteiger partial charge in [0.2, 0.25) is 0 Å². The molecule has 3 rings (SSSR count). The number of amides is 1. The number of carboxylic acid groups (broad SMARTS) is 1. The normalized spacial score (nSPS) is 13.8. The largest absolute Gasteiger partial charge is 0.478 e. The van der Waals surface area contributed by atoms with E-state index in [1.165, 1.54) is 28.7 Å². The van der Waals surface area contributed by atoms with Crippen LogP contribution in [0.2, 0.25) is 0 Å². The zero-order valence-electron chi connectivity index (χ0n) is 10.6. The number of anilines is 1. The number of rotatable bonds is 3. The summed E-state index contributed by atoms with van der Waals surface area (Å²) in [5, 5.41) is 15.7. The summed E-state index contributed by atoms with van der Waals surface area (Å²) in [7, 11) is 0. The van der Waals surface area contributed by atoms with Crippen LogP contribution in [0.15, 0.2) is 16.8 Å². The third-order valence-electron chi connectivity index (χ3n) is 3.43. The maximum atomic E-state index is 12.3. The number of aryl methyl sites for hydroxylation is 1. The van der Waals surface area contributed by atoms with Gasteiger partial charge in [-0.15, -0.1) is 22.7 Å². The topological polar surface area (TPSA) is 66.4 Å². The molecule has 1 amide bonds. The SMILES string of the molecule is O=C(O)c1ccsc1NC(=O)c1csc2c1CCCC2. The quantitative estimate of drug-likeness (QED) is 0.909. The Balaban J connectivity index is 1.85.